The van der Waals surface area contributed by atoms with Crippen LogP contribution < -0.4 is 4.57 Å². The Kier molecular flexibility index (Phi) is 2.65. The molecule has 0 aliphatic carbocycles. The summed E-state index contributed by atoms with van der Waals surface area (Å²) in [5.74, 6) is 0.238. The number of hydrogen-bond acceptors (Lipinski definition) is 5. The lowest BCUT2D eigenvalue weighted by atomic mass is 10.1. The highest BCUT2D eigenvalue weighted by atomic mass is 16.4. The van der Waals surface area contributed by atoms with E-state index in [9.17, 15) is 4.79 Å². The van der Waals surface area contributed by atoms with Gasteiger partial charge >= 0.3 is 11.8 Å². The van der Waals surface area contributed by atoms with Gasteiger partial charge in [-0.15, -0.1) is 0 Å². The maximum Gasteiger partial charge on any atom is 0.396 e. The van der Waals surface area contributed by atoms with Crippen molar-refractivity contribution in [3.8, 4) is 22.9 Å². The quantitative estimate of drug-likeness (QED) is 0.565. The number of aromatic carboxylic acids is 1. The molecule has 7 heteroatoms. The predicted octanol–water partition coefficient (Wildman–Crippen LogP) is 0.948. The average Bonchev–Trinajstić information content (AvgIpc) is 3.35. The van der Waals surface area contributed by atoms with Crippen LogP contribution >= 0.6 is 0 Å². The van der Waals surface area contributed by atoms with E-state index in [1.54, 1.807) is 42.7 Å². The Morgan fingerprint density at radius 1 is 1.09 bits per heavy atom. The van der Waals surface area contributed by atoms with Crippen molar-refractivity contribution in [2.75, 3.05) is 0 Å². The molecule has 0 saturated carbocycles. The van der Waals surface area contributed by atoms with Gasteiger partial charge in [-0.1, -0.05) is 12.1 Å². The van der Waals surface area contributed by atoms with Crippen molar-refractivity contribution in [1.29, 1.82) is 0 Å². The molecule has 1 aliphatic heterocycles. The van der Waals surface area contributed by atoms with Gasteiger partial charge in [0.15, 0.2) is 17.9 Å². The van der Waals surface area contributed by atoms with Crippen molar-refractivity contribution in [1.82, 2.24) is 20.2 Å². The standard InChI is InChI=1S/C15H9N5O2/c21-15(22)10-4-2-9(3-5-10)12-11-8-20(11)14(19-18-12)13-16-6-1-7-17-13/h1-7H,8H2/p+1. The third-order valence-corrected chi connectivity index (χ3v) is 3.48. The number of carboxylic acid groups (broad SMARTS) is 1. The lowest BCUT2D eigenvalue weighted by molar-refractivity contribution is -0.564. The molecule has 3 heterocycles. The van der Waals surface area contributed by atoms with Crippen molar-refractivity contribution in [2.45, 2.75) is 6.54 Å². The van der Waals surface area contributed by atoms with Crippen LogP contribution in [0, 0.1) is 0 Å². The van der Waals surface area contributed by atoms with E-state index in [0.717, 1.165) is 23.5 Å². The Balaban J connectivity index is 1.73. The van der Waals surface area contributed by atoms with Crippen molar-refractivity contribution in [3.05, 3.63) is 54.0 Å². The third-order valence-electron chi connectivity index (χ3n) is 3.48. The van der Waals surface area contributed by atoms with Gasteiger partial charge in [0.2, 0.25) is 0 Å². The molecule has 4 rings (SSSR count). The van der Waals surface area contributed by atoms with Crippen LogP contribution in [0.2, 0.25) is 0 Å². The van der Waals surface area contributed by atoms with Gasteiger partial charge in [-0.3, -0.25) is 0 Å². The fourth-order valence-electron chi connectivity index (χ4n) is 2.30. The largest absolute Gasteiger partial charge is 0.478 e. The molecule has 0 bridgehead atoms. The smallest absolute Gasteiger partial charge is 0.396 e. The van der Waals surface area contributed by atoms with Crippen LogP contribution in [0.3, 0.4) is 0 Å². The van der Waals surface area contributed by atoms with Crippen molar-refractivity contribution < 1.29 is 14.5 Å². The van der Waals surface area contributed by atoms with Gasteiger partial charge in [-0.05, 0) is 23.3 Å². The van der Waals surface area contributed by atoms with Gasteiger partial charge in [0.1, 0.15) is 0 Å². The minimum atomic E-state index is -0.945. The fraction of sp³-hybridized carbons (Fsp3) is 0.0667. The molecule has 1 N–H and O–H groups in total. The molecule has 0 unspecified atom stereocenters. The number of aromatic nitrogens is 5. The summed E-state index contributed by atoms with van der Waals surface area (Å²) in [6, 6.07) is 8.36. The van der Waals surface area contributed by atoms with Crippen LogP contribution in [-0.4, -0.2) is 31.2 Å². The molecule has 0 spiro atoms. The second-order valence-electron chi connectivity index (χ2n) is 4.86. The summed E-state index contributed by atoms with van der Waals surface area (Å²) in [6.45, 7) is 0.733. The van der Waals surface area contributed by atoms with E-state index in [4.69, 9.17) is 5.11 Å². The second-order valence-corrected chi connectivity index (χ2v) is 4.86. The molecule has 0 radical (unpaired) electrons. The highest BCUT2D eigenvalue weighted by Gasteiger charge is 2.38. The Hall–Kier alpha value is -3.22. The zero-order valence-corrected chi connectivity index (χ0v) is 11.3. The molecule has 106 valence electrons. The summed E-state index contributed by atoms with van der Waals surface area (Å²) in [4.78, 5) is 19.2. The lowest BCUT2D eigenvalue weighted by Gasteiger charge is -1.97. The molecular formula is C15H10N5O2+. The minimum absolute atomic E-state index is 0.250. The lowest BCUT2D eigenvalue weighted by Crippen LogP contribution is -2.19. The molecule has 1 aliphatic rings. The van der Waals surface area contributed by atoms with E-state index in [1.807, 2.05) is 4.57 Å². The van der Waals surface area contributed by atoms with E-state index in [1.165, 1.54) is 0 Å². The Labute approximate surface area is 125 Å². The fourth-order valence-corrected chi connectivity index (χ4v) is 2.30. The first kappa shape index (κ1) is 12.5. The molecule has 7 nitrogen and oxygen atoms in total. The van der Waals surface area contributed by atoms with Gasteiger partial charge < -0.3 is 5.11 Å². The van der Waals surface area contributed by atoms with Crippen LogP contribution in [0.5, 0.6) is 0 Å². The average molecular weight is 292 g/mol. The molecule has 2 aromatic heterocycles. The minimum Gasteiger partial charge on any atom is -0.478 e. The number of carbonyl (C=O) groups is 1. The number of fused-ring (bicyclic) bond motifs is 1. The summed E-state index contributed by atoms with van der Waals surface area (Å²) in [6.07, 6.45) is 3.33. The Morgan fingerprint density at radius 2 is 1.82 bits per heavy atom. The monoisotopic (exact) mass is 292 g/mol. The number of rotatable bonds is 3. The molecule has 22 heavy (non-hydrogen) atoms. The number of benzene rings is 1. The third kappa shape index (κ3) is 1.99. The normalized spacial score (nSPS) is 11.8. The molecule has 3 aromatic rings. The van der Waals surface area contributed by atoms with Crippen LogP contribution in [0.4, 0.5) is 0 Å². The summed E-state index contributed by atoms with van der Waals surface area (Å²) < 4.78 is 1.99. The SMILES string of the molecule is O=C(O)c1ccc(-c2nnc(-c3ncccn3)[n+]3c2C3)cc1. The van der Waals surface area contributed by atoms with Crippen LogP contribution in [-0.2, 0) is 6.54 Å². The first-order valence-electron chi connectivity index (χ1n) is 6.64. The van der Waals surface area contributed by atoms with Crippen molar-refractivity contribution in [2.24, 2.45) is 0 Å². The second kappa shape index (κ2) is 4.66. The summed E-state index contributed by atoms with van der Waals surface area (Å²) in [5.41, 5.74) is 2.90. The molecule has 1 aromatic carbocycles. The summed E-state index contributed by atoms with van der Waals surface area (Å²) in [5, 5.41) is 17.4. The summed E-state index contributed by atoms with van der Waals surface area (Å²) >= 11 is 0. The van der Waals surface area contributed by atoms with Crippen LogP contribution in [0.15, 0.2) is 42.7 Å². The zero-order valence-electron chi connectivity index (χ0n) is 11.3. The number of hydrogen-bond donors (Lipinski definition) is 1. The molecular weight excluding hydrogens is 282 g/mol. The van der Waals surface area contributed by atoms with Gasteiger partial charge in [-0.2, -0.15) is 0 Å². The Bertz CT molecular complexity index is 878. The first-order chi connectivity index (χ1) is 10.7. The van der Waals surface area contributed by atoms with E-state index < -0.39 is 5.97 Å². The van der Waals surface area contributed by atoms with E-state index >= 15 is 0 Å². The van der Waals surface area contributed by atoms with Gasteiger partial charge in [0.25, 0.3) is 5.82 Å². The van der Waals surface area contributed by atoms with Crippen LogP contribution in [0.1, 0.15) is 16.1 Å². The van der Waals surface area contributed by atoms with Gasteiger partial charge in [0.05, 0.1) is 10.7 Å². The molecule has 0 fully saturated rings. The topological polar surface area (TPSA) is 92.7 Å². The first-order valence-corrected chi connectivity index (χ1v) is 6.64. The highest BCUT2D eigenvalue weighted by molar-refractivity contribution is 5.88. The number of nitrogens with zero attached hydrogens (tertiary/aromatic N) is 5. The van der Waals surface area contributed by atoms with E-state index in [-0.39, 0.29) is 5.56 Å². The highest BCUT2D eigenvalue weighted by Crippen LogP contribution is 2.25. The zero-order chi connectivity index (χ0) is 15.1. The molecule has 0 atom stereocenters. The van der Waals surface area contributed by atoms with Gasteiger partial charge in [0, 0.05) is 18.0 Å². The van der Waals surface area contributed by atoms with Gasteiger partial charge in [-0.25, -0.2) is 19.3 Å². The van der Waals surface area contributed by atoms with Crippen molar-refractivity contribution in [3.63, 3.8) is 0 Å². The summed E-state index contributed by atoms with van der Waals surface area (Å²) in [7, 11) is 0. The maximum atomic E-state index is 10.9. The Morgan fingerprint density at radius 3 is 2.50 bits per heavy atom. The van der Waals surface area contributed by atoms with Crippen molar-refractivity contribution >= 4 is 5.97 Å². The maximum absolute atomic E-state index is 10.9. The van der Waals surface area contributed by atoms with E-state index in [0.29, 0.717) is 11.6 Å². The molecule has 0 amide bonds. The predicted molar refractivity (Wildman–Crippen MR) is 74.8 cm³/mol. The van der Waals surface area contributed by atoms with E-state index in [2.05, 4.69) is 20.2 Å². The van der Waals surface area contributed by atoms with Crippen LogP contribution in [0.25, 0.3) is 22.9 Å². The molecule has 0 saturated heterocycles. The number of carboxylic acids is 1.